The number of hydrogen-bond acceptors (Lipinski definition) is 4. The van der Waals surface area contributed by atoms with Crippen molar-refractivity contribution in [1.82, 2.24) is 15.2 Å². The van der Waals surface area contributed by atoms with Crippen molar-refractivity contribution in [3.8, 4) is 0 Å². The number of nitrogens with one attached hydrogen (secondary N) is 1. The normalized spacial score (nSPS) is 24.2. The lowest BCUT2D eigenvalue weighted by molar-refractivity contribution is -0.132. The molecule has 1 amide bonds. The first kappa shape index (κ1) is 13.5. The van der Waals surface area contributed by atoms with Gasteiger partial charge in [0.05, 0.1) is 11.2 Å². The zero-order chi connectivity index (χ0) is 13.0. The molecular weight excluding hydrogens is 246 g/mol. The average molecular weight is 267 g/mol. The standard InChI is InChI=1S/C13H21N3OS/c1-3-13(17)16-5-4-12(10(2)7-16)14-6-11-8-18-9-15-11/h8-10,12,14H,3-7H2,1-2H3/t10-,12-/m0/s1. The van der Waals surface area contributed by atoms with Gasteiger partial charge in [0, 0.05) is 37.5 Å². The molecule has 2 rings (SSSR count). The van der Waals surface area contributed by atoms with Crippen LogP contribution in [0.15, 0.2) is 10.9 Å². The Morgan fingerprint density at radius 3 is 3.11 bits per heavy atom. The Morgan fingerprint density at radius 1 is 1.67 bits per heavy atom. The molecule has 0 aliphatic carbocycles. The second-order valence-corrected chi connectivity index (χ2v) is 5.65. The maximum absolute atomic E-state index is 11.7. The Hall–Kier alpha value is -0.940. The fourth-order valence-electron chi connectivity index (χ4n) is 2.46. The van der Waals surface area contributed by atoms with Gasteiger partial charge in [0.25, 0.3) is 0 Å². The van der Waals surface area contributed by atoms with Crippen LogP contribution in [-0.2, 0) is 11.3 Å². The molecule has 0 unspecified atom stereocenters. The molecule has 18 heavy (non-hydrogen) atoms. The molecule has 1 N–H and O–H groups in total. The van der Waals surface area contributed by atoms with E-state index in [1.807, 2.05) is 17.3 Å². The molecule has 0 saturated carbocycles. The lowest BCUT2D eigenvalue weighted by Gasteiger charge is -2.37. The smallest absolute Gasteiger partial charge is 0.222 e. The van der Waals surface area contributed by atoms with Gasteiger partial charge in [-0.3, -0.25) is 4.79 Å². The first-order valence-corrected chi connectivity index (χ1v) is 7.53. The molecule has 0 aromatic carbocycles. The summed E-state index contributed by atoms with van der Waals surface area (Å²) in [7, 11) is 0. The SMILES string of the molecule is CCC(=O)N1CC[C@H](NCc2cscn2)[C@@H](C)C1. The molecule has 100 valence electrons. The van der Waals surface area contributed by atoms with E-state index in [0.29, 0.717) is 18.4 Å². The number of piperidine rings is 1. The number of amides is 1. The van der Waals surface area contributed by atoms with E-state index in [1.165, 1.54) is 0 Å². The largest absolute Gasteiger partial charge is 0.342 e. The van der Waals surface area contributed by atoms with Gasteiger partial charge in [-0.2, -0.15) is 0 Å². The average Bonchev–Trinajstić information content (AvgIpc) is 2.89. The Labute approximate surface area is 112 Å². The van der Waals surface area contributed by atoms with Gasteiger partial charge in [0.15, 0.2) is 0 Å². The minimum atomic E-state index is 0.278. The van der Waals surface area contributed by atoms with E-state index in [0.717, 1.165) is 31.7 Å². The van der Waals surface area contributed by atoms with E-state index in [9.17, 15) is 4.79 Å². The van der Waals surface area contributed by atoms with Crippen LogP contribution in [0.2, 0.25) is 0 Å². The van der Waals surface area contributed by atoms with Gasteiger partial charge in [-0.05, 0) is 12.3 Å². The molecular formula is C13H21N3OS. The van der Waals surface area contributed by atoms with Crippen molar-refractivity contribution in [2.24, 2.45) is 5.92 Å². The van der Waals surface area contributed by atoms with Gasteiger partial charge < -0.3 is 10.2 Å². The zero-order valence-corrected chi connectivity index (χ0v) is 11.9. The summed E-state index contributed by atoms with van der Waals surface area (Å²) in [5.74, 6) is 0.785. The van der Waals surface area contributed by atoms with E-state index < -0.39 is 0 Å². The van der Waals surface area contributed by atoms with Gasteiger partial charge in [0.1, 0.15) is 0 Å². The van der Waals surface area contributed by atoms with Crippen molar-refractivity contribution < 1.29 is 4.79 Å². The van der Waals surface area contributed by atoms with Crippen LogP contribution in [0.4, 0.5) is 0 Å². The number of carbonyl (C=O) groups is 1. The molecule has 0 bridgehead atoms. The number of aromatic nitrogens is 1. The molecule has 1 aliphatic rings. The maximum atomic E-state index is 11.7. The number of nitrogens with zero attached hydrogens (tertiary/aromatic N) is 2. The van der Waals surface area contributed by atoms with Crippen LogP contribution in [0.1, 0.15) is 32.4 Å². The molecule has 5 heteroatoms. The van der Waals surface area contributed by atoms with Crippen LogP contribution in [-0.4, -0.2) is 34.9 Å². The number of carbonyl (C=O) groups excluding carboxylic acids is 1. The topological polar surface area (TPSA) is 45.2 Å². The number of rotatable bonds is 4. The summed E-state index contributed by atoms with van der Waals surface area (Å²) < 4.78 is 0. The molecule has 1 aromatic heterocycles. The summed E-state index contributed by atoms with van der Waals surface area (Å²) in [5, 5.41) is 5.63. The van der Waals surface area contributed by atoms with E-state index in [4.69, 9.17) is 0 Å². The van der Waals surface area contributed by atoms with Crippen LogP contribution >= 0.6 is 11.3 Å². The molecule has 2 atom stereocenters. The summed E-state index contributed by atoms with van der Waals surface area (Å²) in [5.41, 5.74) is 2.97. The molecule has 1 aliphatic heterocycles. The van der Waals surface area contributed by atoms with Crippen molar-refractivity contribution in [2.45, 2.75) is 39.3 Å². The van der Waals surface area contributed by atoms with E-state index in [1.54, 1.807) is 11.3 Å². The number of hydrogen-bond donors (Lipinski definition) is 1. The molecule has 2 heterocycles. The molecule has 1 saturated heterocycles. The molecule has 0 spiro atoms. The molecule has 4 nitrogen and oxygen atoms in total. The third-order valence-corrected chi connectivity index (χ3v) is 4.22. The third-order valence-electron chi connectivity index (χ3n) is 3.59. The predicted molar refractivity (Wildman–Crippen MR) is 73.4 cm³/mol. The van der Waals surface area contributed by atoms with Gasteiger partial charge in [-0.1, -0.05) is 13.8 Å². The second-order valence-electron chi connectivity index (χ2n) is 4.93. The monoisotopic (exact) mass is 267 g/mol. The minimum absolute atomic E-state index is 0.278. The second kappa shape index (κ2) is 6.29. The summed E-state index contributed by atoms with van der Waals surface area (Å²) >= 11 is 1.63. The first-order chi connectivity index (χ1) is 8.70. The van der Waals surface area contributed by atoms with Crippen LogP contribution in [0, 0.1) is 5.92 Å². The fraction of sp³-hybridized carbons (Fsp3) is 0.692. The lowest BCUT2D eigenvalue weighted by atomic mass is 9.93. The van der Waals surface area contributed by atoms with Crippen molar-refractivity contribution in [2.75, 3.05) is 13.1 Å². The highest BCUT2D eigenvalue weighted by atomic mass is 32.1. The predicted octanol–water partition coefficient (Wildman–Crippen LogP) is 1.88. The van der Waals surface area contributed by atoms with Crippen LogP contribution in [0.3, 0.4) is 0 Å². The van der Waals surface area contributed by atoms with Crippen molar-refractivity contribution >= 4 is 17.2 Å². The van der Waals surface area contributed by atoms with Gasteiger partial charge in [-0.15, -0.1) is 11.3 Å². The van der Waals surface area contributed by atoms with Gasteiger partial charge in [0.2, 0.25) is 5.91 Å². The third kappa shape index (κ3) is 3.29. The summed E-state index contributed by atoms with van der Waals surface area (Å²) in [6.07, 6.45) is 1.65. The van der Waals surface area contributed by atoms with Crippen LogP contribution in [0.5, 0.6) is 0 Å². The van der Waals surface area contributed by atoms with Crippen molar-refractivity contribution in [3.63, 3.8) is 0 Å². The molecule has 1 fully saturated rings. The van der Waals surface area contributed by atoms with Gasteiger partial charge in [-0.25, -0.2) is 4.98 Å². The zero-order valence-electron chi connectivity index (χ0n) is 11.1. The van der Waals surface area contributed by atoms with Crippen molar-refractivity contribution in [3.05, 3.63) is 16.6 Å². The lowest BCUT2D eigenvalue weighted by Crippen LogP contribution is -2.49. The fourth-order valence-corrected chi connectivity index (χ4v) is 3.02. The minimum Gasteiger partial charge on any atom is -0.342 e. The van der Waals surface area contributed by atoms with E-state index >= 15 is 0 Å². The number of likely N-dealkylation sites (tertiary alicyclic amines) is 1. The summed E-state index contributed by atoms with van der Waals surface area (Å²) in [6, 6.07) is 0.493. The summed E-state index contributed by atoms with van der Waals surface area (Å²) in [6.45, 7) is 6.74. The van der Waals surface area contributed by atoms with E-state index in [-0.39, 0.29) is 5.91 Å². The molecule has 0 radical (unpaired) electrons. The highest BCUT2D eigenvalue weighted by Crippen LogP contribution is 2.18. The van der Waals surface area contributed by atoms with Crippen LogP contribution in [0.25, 0.3) is 0 Å². The first-order valence-electron chi connectivity index (χ1n) is 6.59. The maximum Gasteiger partial charge on any atom is 0.222 e. The quantitative estimate of drug-likeness (QED) is 0.906. The van der Waals surface area contributed by atoms with Crippen LogP contribution < -0.4 is 5.32 Å². The summed E-state index contributed by atoms with van der Waals surface area (Å²) in [4.78, 5) is 17.9. The highest BCUT2D eigenvalue weighted by molar-refractivity contribution is 7.07. The van der Waals surface area contributed by atoms with Crippen molar-refractivity contribution in [1.29, 1.82) is 0 Å². The Bertz CT molecular complexity index is 380. The van der Waals surface area contributed by atoms with Gasteiger partial charge >= 0.3 is 0 Å². The Morgan fingerprint density at radius 2 is 2.50 bits per heavy atom. The number of thiazole rings is 1. The van der Waals surface area contributed by atoms with E-state index in [2.05, 4.69) is 22.6 Å². The Balaban J connectivity index is 1.80. The highest BCUT2D eigenvalue weighted by Gasteiger charge is 2.27. The molecule has 1 aromatic rings. The Kier molecular flexibility index (Phi) is 4.72.